The van der Waals surface area contributed by atoms with E-state index in [1.807, 2.05) is 39.8 Å². The lowest BCUT2D eigenvalue weighted by Gasteiger charge is -2.39. The fraction of sp³-hybridized carbons (Fsp3) is 0.682. The highest BCUT2D eigenvalue weighted by Gasteiger charge is 2.37. The van der Waals surface area contributed by atoms with Gasteiger partial charge in [0.15, 0.2) is 0 Å². The molecular weight excluding hydrogens is 370 g/mol. The first-order valence-corrected chi connectivity index (χ1v) is 10.8. The van der Waals surface area contributed by atoms with Gasteiger partial charge in [0, 0.05) is 5.56 Å². The quantitative estimate of drug-likeness (QED) is 0.656. The van der Waals surface area contributed by atoms with E-state index >= 15 is 0 Å². The molecule has 28 heavy (non-hydrogen) atoms. The molecule has 1 aromatic rings. The van der Waals surface area contributed by atoms with Crippen LogP contribution in [0.5, 0.6) is 5.75 Å². The average molecular weight is 406 g/mol. The summed E-state index contributed by atoms with van der Waals surface area (Å²) in [5.41, 5.74) is 1.87. The molecule has 0 spiro atoms. The SMILES string of the molecule is Cc1c(NC(=O)OC(C)(C)C)ccc2c1OC(C(C)(C)O[Si]C(C)(C)C)CC2. The van der Waals surface area contributed by atoms with Crippen molar-refractivity contribution < 1.29 is 18.7 Å². The second-order valence-corrected chi connectivity index (χ2v) is 12.0. The van der Waals surface area contributed by atoms with E-state index in [1.165, 1.54) is 0 Å². The van der Waals surface area contributed by atoms with Gasteiger partial charge in [0.2, 0.25) is 9.76 Å². The van der Waals surface area contributed by atoms with E-state index in [4.69, 9.17) is 13.9 Å². The van der Waals surface area contributed by atoms with Gasteiger partial charge in [-0.3, -0.25) is 5.32 Å². The zero-order valence-electron chi connectivity index (χ0n) is 18.8. The molecule has 1 aliphatic rings. The summed E-state index contributed by atoms with van der Waals surface area (Å²) in [5, 5.41) is 2.97. The van der Waals surface area contributed by atoms with Crippen molar-refractivity contribution in [1.82, 2.24) is 0 Å². The predicted octanol–water partition coefficient (Wildman–Crippen LogP) is 5.67. The Morgan fingerprint density at radius 3 is 2.36 bits per heavy atom. The van der Waals surface area contributed by atoms with Gasteiger partial charge in [-0.05, 0) is 71.1 Å². The van der Waals surface area contributed by atoms with Crippen molar-refractivity contribution in [2.45, 2.75) is 97.5 Å². The predicted molar refractivity (Wildman–Crippen MR) is 114 cm³/mol. The number of anilines is 1. The number of amides is 1. The van der Waals surface area contributed by atoms with E-state index in [2.05, 4.69) is 39.9 Å². The van der Waals surface area contributed by atoms with Crippen LogP contribution in [0.1, 0.15) is 72.9 Å². The summed E-state index contributed by atoms with van der Waals surface area (Å²) in [6.45, 7) is 18.2. The molecule has 6 heteroatoms. The van der Waals surface area contributed by atoms with Crippen LogP contribution in [0.2, 0.25) is 5.04 Å². The Morgan fingerprint density at radius 2 is 1.79 bits per heavy atom. The lowest BCUT2D eigenvalue weighted by molar-refractivity contribution is -0.0242. The third-order valence-electron chi connectivity index (χ3n) is 4.45. The first-order chi connectivity index (χ1) is 12.7. The molecule has 5 nitrogen and oxygen atoms in total. The molecule has 0 saturated carbocycles. The van der Waals surface area contributed by atoms with Crippen LogP contribution in [0.15, 0.2) is 12.1 Å². The molecule has 1 amide bonds. The minimum Gasteiger partial charge on any atom is -0.487 e. The molecule has 1 heterocycles. The highest BCUT2D eigenvalue weighted by Crippen LogP contribution is 2.39. The molecule has 1 aromatic carbocycles. The zero-order valence-corrected chi connectivity index (χ0v) is 19.8. The van der Waals surface area contributed by atoms with Crippen molar-refractivity contribution in [2.75, 3.05) is 5.32 Å². The van der Waals surface area contributed by atoms with Gasteiger partial charge in [0.25, 0.3) is 0 Å². The number of carbonyl (C=O) groups is 1. The first-order valence-electron chi connectivity index (χ1n) is 9.92. The topological polar surface area (TPSA) is 56.8 Å². The van der Waals surface area contributed by atoms with Gasteiger partial charge < -0.3 is 13.9 Å². The van der Waals surface area contributed by atoms with Crippen molar-refractivity contribution in [2.24, 2.45) is 0 Å². The number of carbonyl (C=O) groups excluding carboxylic acids is 1. The second kappa shape index (κ2) is 8.07. The minimum atomic E-state index is -0.539. The number of rotatable bonds is 4. The van der Waals surface area contributed by atoms with Crippen LogP contribution in [0.25, 0.3) is 0 Å². The zero-order chi connectivity index (χ0) is 21.3. The number of fused-ring (bicyclic) bond motifs is 1. The molecule has 1 unspecified atom stereocenters. The molecule has 0 aromatic heterocycles. The van der Waals surface area contributed by atoms with Crippen LogP contribution in [0.4, 0.5) is 10.5 Å². The molecule has 1 aliphatic heterocycles. The van der Waals surface area contributed by atoms with E-state index in [0.717, 1.165) is 29.7 Å². The van der Waals surface area contributed by atoms with Gasteiger partial charge >= 0.3 is 6.09 Å². The first kappa shape index (κ1) is 22.8. The number of hydrogen-bond acceptors (Lipinski definition) is 4. The summed E-state index contributed by atoms with van der Waals surface area (Å²) >= 11 is 0. The lowest BCUT2D eigenvalue weighted by Crippen LogP contribution is -2.46. The van der Waals surface area contributed by atoms with Crippen LogP contribution in [0, 0.1) is 6.92 Å². The van der Waals surface area contributed by atoms with Crippen molar-refractivity contribution in [3.63, 3.8) is 0 Å². The molecule has 0 saturated heterocycles. The van der Waals surface area contributed by atoms with Gasteiger partial charge in [0.05, 0.1) is 11.3 Å². The second-order valence-electron chi connectivity index (χ2n) is 10.1. The maximum absolute atomic E-state index is 12.2. The largest absolute Gasteiger partial charge is 0.487 e. The van der Waals surface area contributed by atoms with Gasteiger partial charge in [-0.15, -0.1) is 0 Å². The van der Waals surface area contributed by atoms with Gasteiger partial charge in [-0.25, -0.2) is 4.79 Å². The van der Waals surface area contributed by atoms with E-state index in [0.29, 0.717) is 15.5 Å². The Hall–Kier alpha value is -1.53. The average Bonchev–Trinajstić information content (AvgIpc) is 2.53. The normalized spacial score (nSPS) is 17.5. The fourth-order valence-electron chi connectivity index (χ4n) is 2.99. The van der Waals surface area contributed by atoms with Crippen LogP contribution < -0.4 is 10.1 Å². The monoisotopic (exact) mass is 405 g/mol. The molecular formula is C22H35NO4Si. The van der Waals surface area contributed by atoms with Gasteiger partial charge in [-0.1, -0.05) is 26.8 Å². The third kappa shape index (κ3) is 6.24. The van der Waals surface area contributed by atoms with Crippen molar-refractivity contribution in [3.8, 4) is 5.75 Å². The highest BCUT2D eigenvalue weighted by atomic mass is 28.2. The molecule has 156 valence electrons. The Balaban J connectivity index is 2.16. The van der Waals surface area contributed by atoms with E-state index in [1.54, 1.807) is 0 Å². The van der Waals surface area contributed by atoms with Crippen molar-refractivity contribution in [3.05, 3.63) is 23.3 Å². The van der Waals surface area contributed by atoms with Crippen LogP contribution in [0.3, 0.4) is 0 Å². The fourth-order valence-corrected chi connectivity index (χ4v) is 3.69. The van der Waals surface area contributed by atoms with Gasteiger partial charge in [0.1, 0.15) is 17.5 Å². The van der Waals surface area contributed by atoms with E-state index in [-0.39, 0.29) is 16.7 Å². The summed E-state index contributed by atoms with van der Waals surface area (Å²) < 4.78 is 18.0. The number of nitrogens with one attached hydrogen (secondary N) is 1. The maximum Gasteiger partial charge on any atom is 0.412 e. The Labute approximate surface area is 172 Å². The van der Waals surface area contributed by atoms with Crippen molar-refractivity contribution in [1.29, 1.82) is 0 Å². The molecule has 0 bridgehead atoms. The number of benzene rings is 1. The van der Waals surface area contributed by atoms with Gasteiger partial charge in [-0.2, -0.15) is 0 Å². The number of aryl methyl sites for hydroxylation is 1. The van der Waals surface area contributed by atoms with Crippen LogP contribution in [-0.4, -0.2) is 33.2 Å². The molecule has 0 aliphatic carbocycles. The van der Waals surface area contributed by atoms with Crippen molar-refractivity contribution >= 4 is 21.5 Å². The Kier molecular flexibility index (Phi) is 6.56. The molecule has 0 fully saturated rings. The number of hydrogen-bond donors (Lipinski definition) is 1. The summed E-state index contributed by atoms with van der Waals surface area (Å²) in [4.78, 5) is 12.2. The Morgan fingerprint density at radius 1 is 1.14 bits per heavy atom. The molecule has 2 rings (SSSR count). The number of ether oxygens (including phenoxy) is 2. The van der Waals surface area contributed by atoms with E-state index < -0.39 is 11.7 Å². The summed E-state index contributed by atoms with van der Waals surface area (Å²) in [6.07, 6.45) is 1.34. The maximum atomic E-state index is 12.2. The van der Waals surface area contributed by atoms with Crippen LogP contribution in [-0.2, 0) is 15.6 Å². The minimum absolute atomic E-state index is 0.0367. The summed E-state index contributed by atoms with van der Waals surface area (Å²) in [6, 6.07) is 3.94. The molecule has 1 atom stereocenters. The highest BCUT2D eigenvalue weighted by molar-refractivity contribution is 6.31. The lowest BCUT2D eigenvalue weighted by atomic mass is 9.91. The van der Waals surface area contributed by atoms with E-state index in [9.17, 15) is 4.79 Å². The standard InChI is InChI=1S/C22H35NO4Si/c1-14-16(23-19(24)26-20(2,3)4)12-10-15-11-13-17(25-18(14)15)22(8,9)27-28-21(5,6)7/h10,12,17H,11,13H2,1-9H3,(H,23,24). The summed E-state index contributed by atoms with van der Waals surface area (Å²) in [5.74, 6) is 0.848. The molecule has 2 radical (unpaired) electrons. The smallest absolute Gasteiger partial charge is 0.412 e. The summed E-state index contributed by atoms with van der Waals surface area (Å²) in [7, 11) is 0.402. The molecule has 1 N–H and O–H groups in total. The van der Waals surface area contributed by atoms with Crippen LogP contribution >= 0.6 is 0 Å². The Bertz CT molecular complexity index is 716. The third-order valence-corrected chi connectivity index (χ3v) is 5.70.